The number of aromatic carboxylic acids is 1. The fourth-order valence-electron chi connectivity index (χ4n) is 16.2. The van der Waals surface area contributed by atoms with Gasteiger partial charge in [-0.15, -0.1) is 0 Å². The Morgan fingerprint density at radius 2 is 1.29 bits per heavy atom. The van der Waals surface area contributed by atoms with E-state index in [1.54, 1.807) is 13.8 Å². The van der Waals surface area contributed by atoms with Crippen LogP contribution in [0.3, 0.4) is 0 Å². The lowest BCUT2D eigenvalue weighted by molar-refractivity contribution is -0.334. The number of nitrogens with one attached hydrogen (secondary N) is 8. The molecule has 7 aromatic carbocycles. The van der Waals surface area contributed by atoms with Crippen LogP contribution in [0.5, 0.6) is 51.7 Å². The van der Waals surface area contributed by atoms with Crippen LogP contribution in [-0.2, 0) is 52.6 Å². The second-order valence-corrected chi connectivity index (χ2v) is 33.0. The van der Waals surface area contributed by atoms with Crippen molar-refractivity contribution in [1.29, 1.82) is 0 Å². The van der Waals surface area contributed by atoms with Crippen molar-refractivity contribution in [2.45, 2.75) is 156 Å². The molecule has 9 aliphatic rings. The number of phenolic OH excluding ortho intramolecular Hbond substituents is 4. The second-order valence-electron chi connectivity index (χ2n) is 32.2. The monoisotopic (exact) mass is 1840 g/mol. The molecule has 1 aliphatic carbocycles. The minimum absolute atomic E-state index is 0.154. The van der Waals surface area contributed by atoms with Crippen molar-refractivity contribution in [3.05, 3.63) is 192 Å². The smallest absolute Gasteiger partial charge is 0.336 e. The minimum atomic E-state index is -2.47. The summed E-state index contributed by atoms with van der Waals surface area (Å²) in [7, 11) is 1.44. The molecule has 22 N–H and O–H groups in total. The SMILES string of the molecule is CN[C@H](CC(C)C)C(=O)N[C@H]1C(=O)N[C@@H](CC(N)=O)C(=O)N[C@H]2C(=O)N[C@H]3C(=O)N[C@H](C(=O)N[C@H](C(=O)O)c4cc(O)cc(O)c4-c4cc3ccc4O)[C@H](O)c3ccc(c(Cl)c3)Oc3cc2cc(c3O[C@@H]2O[C@H](CO)[C@@H](O)[C@H](O)[C@H]2O[C@H]2C[C@](C)(NC(=O)c3ccc(C(=O)O)c(-c4c5cc(F)c(=O)cc-5oc5cc(O)c(F)cc45)c3)[C@H](O)[C@H](C)O2)Oc2ccc(cc2Cl)[C@H]1O. The molecule has 0 saturated carbocycles. The molecule has 2 fully saturated rings. The highest BCUT2D eigenvalue weighted by Crippen LogP contribution is 2.51. The zero-order valence-electron chi connectivity index (χ0n) is 68.6. The number of aromatic hydroxyl groups is 4. The molecule has 0 radical (unpaired) electrons. The first kappa shape index (κ1) is 92.7. The van der Waals surface area contributed by atoms with Crippen molar-refractivity contribution in [3.8, 4) is 85.3 Å². The number of hydrogen-bond acceptors (Lipinski definition) is 29. The van der Waals surface area contributed by atoms with Gasteiger partial charge in [-0.2, -0.15) is 0 Å². The van der Waals surface area contributed by atoms with E-state index in [4.69, 9.17) is 61.8 Å². The number of carbonyl (C=O) groups excluding carboxylic acids is 8. The lowest BCUT2D eigenvalue weighted by Crippen LogP contribution is -2.66. The Labute approximate surface area is 742 Å². The Kier molecular flexibility index (Phi) is 26.4. The van der Waals surface area contributed by atoms with E-state index in [0.717, 1.165) is 115 Å². The van der Waals surface area contributed by atoms with E-state index >= 15 is 32.8 Å². The molecule has 43 heteroatoms. The van der Waals surface area contributed by atoms with Crippen LogP contribution in [0.15, 0.2) is 131 Å². The summed E-state index contributed by atoms with van der Waals surface area (Å²) in [5.74, 6) is -23.9. The number of carboxylic acid groups (broad SMARTS) is 2. The van der Waals surface area contributed by atoms with Crippen LogP contribution >= 0.6 is 23.2 Å². The van der Waals surface area contributed by atoms with E-state index in [1.165, 1.54) is 20.9 Å². The van der Waals surface area contributed by atoms with Gasteiger partial charge in [-0.25, -0.2) is 18.4 Å². The normalized spacial score (nSPS) is 25.5. The van der Waals surface area contributed by atoms with Gasteiger partial charge < -0.3 is 142 Å². The molecule has 39 nitrogen and oxygen atoms in total. The number of rotatable bonds is 17. The maximum absolute atomic E-state index is 16.3. The van der Waals surface area contributed by atoms with E-state index in [-0.39, 0.29) is 62.4 Å². The summed E-state index contributed by atoms with van der Waals surface area (Å²) in [6, 6.07) is 4.04. The van der Waals surface area contributed by atoms with Crippen LogP contribution in [0.2, 0.25) is 10.0 Å². The van der Waals surface area contributed by atoms with Gasteiger partial charge in [-0.3, -0.25) is 43.2 Å². The average molecular weight is 1840 g/mol. The highest BCUT2D eigenvalue weighted by Gasteiger charge is 2.53. The highest BCUT2D eigenvalue weighted by molar-refractivity contribution is 6.32. The average Bonchev–Trinajstić information content (AvgIpc) is 0.727. The first-order valence-electron chi connectivity index (χ1n) is 40.0. The first-order chi connectivity index (χ1) is 61.5. The van der Waals surface area contributed by atoms with E-state index in [1.807, 2.05) is 0 Å². The number of aliphatic hydroxyl groups excluding tert-OH is 6. The Bertz CT molecular complexity index is 6150. The molecule has 8 amide bonds. The number of primary amides is 1. The number of halogens is 4. The summed E-state index contributed by atoms with van der Waals surface area (Å²) in [5, 5.41) is 157. The maximum atomic E-state index is 16.3. The summed E-state index contributed by atoms with van der Waals surface area (Å²) in [6.07, 6.45) is -21.8. The first-order valence-corrected chi connectivity index (χ1v) is 40.7. The molecular weight excluding hydrogens is 1760 g/mol. The fourth-order valence-corrected chi connectivity index (χ4v) is 16.6. The number of amides is 8. The van der Waals surface area contributed by atoms with Crippen LogP contribution in [0.4, 0.5) is 8.78 Å². The molecule has 0 aromatic heterocycles. The van der Waals surface area contributed by atoms with Crippen molar-refractivity contribution >= 4 is 93.4 Å². The molecule has 0 spiro atoms. The number of hydrogen-bond donors (Lipinski definition) is 21. The Morgan fingerprint density at radius 1 is 0.646 bits per heavy atom. The standard InChI is InChI=1S/C87H83Cl2F2N9O30/c1-30(2)14-48(93-5)78(114)98-68-70(108)33-8-12-54(44(88)17-33)125-58-19-36-20-59(126-55-13-9-34(18-45(55)89)71(109)69-83(119)97-67(85(122)123)43-21-37(102)22-53(106)64(43)40-15-32(7-11-50(40)103)65(80(116)99-69)96-81(117)66(36)95-79(115)49(25-61(92)107)94-82(68)118)74(58)130-86-75(73(111)72(110)60(29-101)128-86)129-62-28-87(4,76(112)31(3)124-62)100-77(113)35-6-10-38(84(120)121)39(16-35)63-41-23-46(90)51(104)26-56(41)127-57-27-52(105)47(91)24-42(57)63/h6-13,15-24,26-27,30-31,48-49,60,62,65-73,75-76,86,93,101-104,106,108-112H,14,25,28-29H2,1-5H3,(H2,92,107)(H,94,118)(H,95,115)(H,96,117)(H,97,119)(H,98,114)(H,99,116)(H,100,113)(H,120,121)(H,122,123)/t31-,48+,49-,60+,62-,65+,66+,67-,68+,69-,70+,71+,72+,73-,75+,76+,86-,87-/m0/s1. The lowest BCUT2D eigenvalue weighted by atomic mass is 9.84. The molecule has 2 saturated heterocycles. The van der Waals surface area contributed by atoms with Crippen LogP contribution in [0.1, 0.15) is 126 Å². The topological polar surface area (TPSA) is 621 Å². The third-order valence-electron chi connectivity index (χ3n) is 22.8. The highest BCUT2D eigenvalue weighted by atomic mass is 35.5. The quantitative estimate of drug-likeness (QED) is 0.0570. The number of benzene rings is 8. The number of phenols is 4. The second kappa shape index (κ2) is 37.0. The van der Waals surface area contributed by atoms with Crippen LogP contribution in [0.25, 0.3) is 44.5 Å². The van der Waals surface area contributed by atoms with Gasteiger partial charge in [0.15, 0.2) is 47.3 Å². The fraction of sp³-hybridized carbons (Fsp3) is 0.322. The van der Waals surface area contributed by atoms with E-state index in [0.29, 0.717) is 6.07 Å². The van der Waals surface area contributed by atoms with Gasteiger partial charge in [0, 0.05) is 63.4 Å². The Hall–Kier alpha value is -13.4. The molecule has 0 unspecified atom stereocenters. The number of carboxylic acids is 2. The molecular formula is C87H83Cl2F2N9O30. The molecule has 8 aliphatic heterocycles. The summed E-state index contributed by atoms with van der Waals surface area (Å²) < 4.78 is 75.6. The third-order valence-corrected chi connectivity index (χ3v) is 23.3. The predicted octanol–water partition coefficient (Wildman–Crippen LogP) is 4.14. The molecule has 8 heterocycles. The summed E-state index contributed by atoms with van der Waals surface area (Å²) in [6.45, 7) is 5.09. The zero-order chi connectivity index (χ0) is 94.0. The van der Waals surface area contributed by atoms with Crippen molar-refractivity contribution in [2.75, 3.05) is 13.7 Å². The van der Waals surface area contributed by atoms with Crippen LogP contribution < -0.4 is 67.9 Å². The number of likely N-dealkylation sites (N-methyl/N-ethyl adjacent to an activating group) is 1. The Balaban J connectivity index is 0.924. The van der Waals surface area contributed by atoms with E-state index < -0.39 is 300 Å². The molecule has 18 atom stereocenters. The third kappa shape index (κ3) is 18.5. The molecule has 130 heavy (non-hydrogen) atoms. The van der Waals surface area contributed by atoms with Crippen molar-refractivity contribution in [1.82, 2.24) is 42.5 Å². The Morgan fingerprint density at radius 3 is 1.92 bits per heavy atom. The number of fused-ring (bicyclic) bond motifs is 17. The summed E-state index contributed by atoms with van der Waals surface area (Å²) in [4.78, 5) is 159. The van der Waals surface area contributed by atoms with Gasteiger partial charge in [-0.05, 0) is 146 Å². The number of nitrogens with two attached hydrogens (primary N) is 1. The van der Waals surface area contributed by atoms with Crippen LogP contribution in [-0.4, -0.2) is 213 Å². The van der Waals surface area contributed by atoms with Crippen molar-refractivity contribution in [3.63, 3.8) is 0 Å². The maximum Gasteiger partial charge on any atom is 0.336 e. The van der Waals surface area contributed by atoms with Gasteiger partial charge in [0.25, 0.3) is 5.91 Å². The summed E-state index contributed by atoms with van der Waals surface area (Å²) in [5.41, 5.74) is -2.89. The van der Waals surface area contributed by atoms with Crippen molar-refractivity contribution < 1.29 is 151 Å². The predicted molar refractivity (Wildman–Crippen MR) is 446 cm³/mol. The van der Waals surface area contributed by atoms with Gasteiger partial charge >= 0.3 is 11.9 Å². The molecule has 7 aromatic rings. The summed E-state index contributed by atoms with van der Waals surface area (Å²) >= 11 is 14.3. The van der Waals surface area contributed by atoms with E-state index in [2.05, 4.69) is 42.5 Å². The zero-order valence-corrected chi connectivity index (χ0v) is 70.1. The number of aliphatic hydroxyl groups is 6. The van der Waals surface area contributed by atoms with E-state index in [9.17, 15) is 90.0 Å². The van der Waals surface area contributed by atoms with Gasteiger partial charge in [0.2, 0.25) is 58.8 Å². The van der Waals surface area contributed by atoms with Crippen molar-refractivity contribution in [2.24, 2.45) is 11.7 Å². The van der Waals surface area contributed by atoms with Gasteiger partial charge in [-0.1, -0.05) is 55.2 Å². The molecule has 11 bridgehead atoms. The lowest BCUT2D eigenvalue weighted by Gasteiger charge is -2.48. The number of aliphatic carboxylic acids is 1. The largest absolute Gasteiger partial charge is 0.508 e. The van der Waals surface area contributed by atoms with Gasteiger partial charge in [0.1, 0.15) is 107 Å². The molecule has 16 rings (SSSR count). The van der Waals surface area contributed by atoms with Gasteiger partial charge in [0.05, 0.1) is 46.3 Å². The minimum Gasteiger partial charge on any atom is -0.508 e. The number of ether oxygens (including phenoxy) is 6. The van der Waals surface area contributed by atoms with Crippen LogP contribution in [0, 0.1) is 17.6 Å². The molecule has 684 valence electrons. The number of carbonyl (C=O) groups is 10.